The van der Waals surface area contributed by atoms with E-state index < -0.39 is 0 Å². The van der Waals surface area contributed by atoms with Gasteiger partial charge in [-0.05, 0) is 24.1 Å². The Morgan fingerprint density at radius 2 is 1.92 bits per heavy atom. The summed E-state index contributed by atoms with van der Waals surface area (Å²) < 4.78 is 16.8. The number of ether oxygens (including phenoxy) is 3. The van der Waals surface area contributed by atoms with Crippen LogP contribution in [0.15, 0.2) is 54.6 Å². The summed E-state index contributed by atoms with van der Waals surface area (Å²) in [6.45, 7) is 1.63. The van der Waals surface area contributed by atoms with Crippen molar-refractivity contribution >= 4 is 5.91 Å². The van der Waals surface area contributed by atoms with E-state index in [1.165, 1.54) is 5.56 Å². The van der Waals surface area contributed by atoms with Crippen molar-refractivity contribution < 1.29 is 19.0 Å². The molecule has 2 atom stereocenters. The van der Waals surface area contributed by atoms with Crippen LogP contribution in [-0.2, 0) is 15.9 Å². The van der Waals surface area contributed by atoms with E-state index in [0.717, 1.165) is 12.8 Å². The summed E-state index contributed by atoms with van der Waals surface area (Å²) >= 11 is 0. The van der Waals surface area contributed by atoms with Crippen LogP contribution in [0.25, 0.3) is 0 Å². The van der Waals surface area contributed by atoms with Crippen LogP contribution in [0.5, 0.6) is 5.75 Å². The molecule has 5 heteroatoms. The SMILES string of the molecule is COC1CCOCC1NC(=O)c1ccccc1OCCc1ccccc1. The molecule has 1 saturated heterocycles. The van der Waals surface area contributed by atoms with E-state index in [9.17, 15) is 4.79 Å². The first-order valence-electron chi connectivity index (χ1n) is 8.95. The highest BCUT2D eigenvalue weighted by atomic mass is 16.5. The zero-order valence-electron chi connectivity index (χ0n) is 15.0. The number of benzene rings is 2. The molecule has 1 heterocycles. The Bertz CT molecular complexity index is 704. The van der Waals surface area contributed by atoms with Crippen LogP contribution >= 0.6 is 0 Å². The third kappa shape index (κ3) is 4.84. The Balaban J connectivity index is 1.61. The van der Waals surface area contributed by atoms with Crippen LogP contribution in [-0.4, -0.2) is 45.0 Å². The lowest BCUT2D eigenvalue weighted by Gasteiger charge is -2.31. The van der Waals surface area contributed by atoms with Crippen LogP contribution in [0.2, 0.25) is 0 Å². The molecule has 3 rings (SSSR count). The van der Waals surface area contributed by atoms with Crippen molar-refractivity contribution in [3.8, 4) is 5.75 Å². The summed E-state index contributed by atoms with van der Waals surface area (Å²) in [5.74, 6) is 0.421. The average Bonchev–Trinajstić information content (AvgIpc) is 2.69. The van der Waals surface area contributed by atoms with Gasteiger partial charge in [0.25, 0.3) is 5.91 Å². The summed E-state index contributed by atoms with van der Waals surface area (Å²) in [5, 5.41) is 3.02. The van der Waals surface area contributed by atoms with Crippen molar-refractivity contribution in [1.82, 2.24) is 5.32 Å². The standard InChI is InChI=1S/C21H25NO4/c1-24-20-12-13-25-15-18(20)22-21(23)17-9-5-6-10-19(17)26-14-11-16-7-3-2-4-8-16/h2-10,18,20H,11-15H2,1H3,(H,22,23). The fourth-order valence-corrected chi connectivity index (χ4v) is 3.08. The monoisotopic (exact) mass is 355 g/mol. The molecule has 2 unspecified atom stereocenters. The number of rotatable bonds is 7. The summed E-state index contributed by atoms with van der Waals surface area (Å²) in [4.78, 5) is 12.7. The van der Waals surface area contributed by atoms with Crippen LogP contribution in [0.3, 0.4) is 0 Å². The normalized spacial score (nSPS) is 19.7. The van der Waals surface area contributed by atoms with E-state index in [2.05, 4.69) is 17.4 Å². The lowest BCUT2D eigenvalue weighted by molar-refractivity contribution is -0.0349. The Kier molecular flexibility index (Phi) is 6.63. The van der Waals surface area contributed by atoms with Crippen molar-refractivity contribution in [3.63, 3.8) is 0 Å². The molecule has 1 amide bonds. The summed E-state index contributed by atoms with van der Waals surface area (Å²) in [7, 11) is 1.66. The molecule has 1 N–H and O–H groups in total. The Labute approximate surface area is 154 Å². The maximum absolute atomic E-state index is 12.7. The number of nitrogens with one attached hydrogen (secondary N) is 1. The highest BCUT2D eigenvalue weighted by Gasteiger charge is 2.28. The molecule has 5 nitrogen and oxygen atoms in total. The molecule has 2 aromatic carbocycles. The molecule has 26 heavy (non-hydrogen) atoms. The second-order valence-corrected chi connectivity index (χ2v) is 6.30. The van der Waals surface area contributed by atoms with Crippen molar-refractivity contribution in [2.75, 3.05) is 26.9 Å². The molecule has 1 aliphatic rings. The maximum atomic E-state index is 12.7. The summed E-state index contributed by atoms with van der Waals surface area (Å²) in [6, 6.07) is 17.3. The van der Waals surface area contributed by atoms with E-state index in [0.29, 0.717) is 31.1 Å². The van der Waals surface area contributed by atoms with Crippen LogP contribution in [0.1, 0.15) is 22.3 Å². The first-order valence-corrected chi connectivity index (χ1v) is 8.95. The smallest absolute Gasteiger partial charge is 0.255 e. The van der Waals surface area contributed by atoms with E-state index in [1.807, 2.05) is 36.4 Å². The average molecular weight is 355 g/mol. The van der Waals surface area contributed by atoms with Crippen molar-refractivity contribution in [1.29, 1.82) is 0 Å². The van der Waals surface area contributed by atoms with Gasteiger partial charge in [0.15, 0.2) is 0 Å². The van der Waals surface area contributed by atoms with Gasteiger partial charge in [0.1, 0.15) is 5.75 Å². The fraction of sp³-hybridized carbons (Fsp3) is 0.381. The van der Waals surface area contributed by atoms with Crippen molar-refractivity contribution in [2.24, 2.45) is 0 Å². The van der Waals surface area contributed by atoms with Gasteiger partial charge in [-0.3, -0.25) is 4.79 Å². The third-order valence-corrected chi connectivity index (χ3v) is 4.53. The number of hydrogen-bond acceptors (Lipinski definition) is 4. The van der Waals surface area contributed by atoms with Gasteiger partial charge in [0.2, 0.25) is 0 Å². The number of carbonyl (C=O) groups excluding carboxylic acids is 1. The quantitative estimate of drug-likeness (QED) is 0.830. The van der Waals surface area contributed by atoms with Gasteiger partial charge >= 0.3 is 0 Å². The minimum absolute atomic E-state index is 0.0288. The van der Waals surface area contributed by atoms with Gasteiger partial charge in [-0.15, -0.1) is 0 Å². The Morgan fingerprint density at radius 3 is 2.73 bits per heavy atom. The van der Waals surface area contributed by atoms with Gasteiger partial charge in [-0.25, -0.2) is 0 Å². The number of carbonyl (C=O) groups is 1. The van der Waals surface area contributed by atoms with Crippen molar-refractivity contribution in [3.05, 3.63) is 65.7 Å². The zero-order chi connectivity index (χ0) is 18.2. The van der Waals surface area contributed by atoms with E-state index in [-0.39, 0.29) is 18.1 Å². The van der Waals surface area contributed by atoms with Gasteiger partial charge in [0.05, 0.1) is 30.9 Å². The Hall–Kier alpha value is -2.37. The minimum atomic E-state index is -0.169. The third-order valence-electron chi connectivity index (χ3n) is 4.53. The number of para-hydroxylation sites is 1. The highest BCUT2D eigenvalue weighted by molar-refractivity contribution is 5.97. The zero-order valence-corrected chi connectivity index (χ0v) is 15.0. The predicted molar refractivity (Wildman–Crippen MR) is 99.6 cm³/mol. The molecule has 1 fully saturated rings. The molecular weight excluding hydrogens is 330 g/mol. The Morgan fingerprint density at radius 1 is 1.15 bits per heavy atom. The van der Waals surface area contributed by atoms with Gasteiger partial charge in [-0.1, -0.05) is 42.5 Å². The lowest BCUT2D eigenvalue weighted by atomic mass is 10.1. The molecule has 0 aromatic heterocycles. The second kappa shape index (κ2) is 9.36. The van der Waals surface area contributed by atoms with Crippen LogP contribution in [0.4, 0.5) is 0 Å². The molecule has 0 bridgehead atoms. The van der Waals surface area contributed by atoms with E-state index in [1.54, 1.807) is 13.2 Å². The first-order chi connectivity index (χ1) is 12.8. The van der Waals surface area contributed by atoms with Gasteiger partial charge in [0, 0.05) is 20.1 Å². The van der Waals surface area contributed by atoms with Crippen LogP contribution < -0.4 is 10.1 Å². The summed E-state index contributed by atoms with van der Waals surface area (Å²) in [5.41, 5.74) is 1.73. The maximum Gasteiger partial charge on any atom is 0.255 e. The van der Waals surface area contributed by atoms with E-state index >= 15 is 0 Å². The minimum Gasteiger partial charge on any atom is -0.492 e. The molecule has 0 saturated carbocycles. The second-order valence-electron chi connectivity index (χ2n) is 6.30. The number of methoxy groups -OCH3 is 1. The number of hydrogen-bond donors (Lipinski definition) is 1. The lowest BCUT2D eigenvalue weighted by Crippen LogP contribution is -2.50. The summed E-state index contributed by atoms with van der Waals surface area (Å²) in [6.07, 6.45) is 1.54. The van der Waals surface area contributed by atoms with E-state index in [4.69, 9.17) is 14.2 Å². The molecular formula is C21H25NO4. The topological polar surface area (TPSA) is 56.8 Å². The predicted octanol–water partition coefficient (Wildman–Crippen LogP) is 2.84. The molecule has 2 aromatic rings. The first kappa shape index (κ1) is 18.4. The van der Waals surface area contributed by atoms with Crippen molar-refractivity contribution in [2.45, 2.75) is 25.0 Å². The molecule has 0 radical (unpaired) electrons. The highest BCUT2D eigenvalue weighted by Crippen LogP contribution is 2.19. The molecule has 138 valence electrons. The molecule has 0 aliphatic carbocycles. The molecule has 1 aliphatic heterocycles. The fourth-order valence-electron chi connectivity index (χ4n) is 3.08. The number of amides is 1. The van der Waals surface area contributed by atoms with Gasteiger partial charge < -0.3 is 19.5 Å². The largest absolute Gasteiger partial charge is 0.492 e. The molecule has 0 spiro atoms. The van der Waals surface area contributed by atoms with Gasteiger partial charge in [-0.2, -0.15) is 0 Å². The van der Waals surface area contributed by atoms with Crippen LogP contribution in [0, 0.1) is 0 Å².